The molecule has 0 unspecified atom stereocenters. The number of amides is 2. The number of nitrogens with one attached hydrogen (secondary N) is 1. The van der Waals surface area contributed by atoms with Gasteiger partial charge in [-0.1, -0.05) is 18.6 Å². The Balaban J connectivity index is 1.74. The first-order valence-corrected chi connectivity index (χ1v) is 9.10. The van der Waals surface area contributed by atoms with Crippen molar-refractivity contribution >= 4 is 17.5 Å². The van der Waals surface area contributed by atoms with Crippen molar-refractivity contribution in [2.24, 2.45) is 17.6 Å². The average Bonchev–Trinajstić information content (AvgIpc) is 3.11. The highest BCUT2D eigenvalue weighted by Crippen LogP contribution is 2.32. The van der Waals surface area contributed by atoms with E-state index >= 15 is 0 Å². The van der Waals surface area contributed by atoms with E-state index in [2.05, 4.69) is 5.32 Å². The monoisotopic (exact) mass is 329 g/mol. The fourth-order valence-corrected chi connectivity index (χ4v) is 3.94. The summed E-state index contributed by atoms with van der Waals surface area (Å²) in [5.41, 5.74) is 7.01. The molecule has 3 N–H and O–H groups in total. The van der Waals surface area contributed by atoms with E-state index in [0.29, 0.717) is 17.8 Å². The molecule has 0 aromatic heterocycles. The van der Waals surface area contributed by atoms with Gasteiger partial charge in [-0.15, -0.1) is 0 Å². The highest BCUT2D eigenvalue weighted by Gasteiger charge is 2.32. The minimum atomic E-state index is -0.0341. The third kappa shape index (κ3) is 3.61. The predicted molar refractivity (Wildman–Crippen MR) is 94.7 cm³/mol. The van der Waals surface area contributed by atoms with Crippen molar-refractivity contribution in [2.75, 3.05) is 25.0 Å². The summed E-state index contributed by atoms with van der Waals surface area (Å²) < 4.78 is 0. The van der Waals surface area contributed by atoms with E-state index in [9.17, 15) is 9.59 Å². The number of hydrogen-bond acceptors (Lipinski definition) is 3. The fourth-order valence-electron chi connectivity index (χ4n) is 3.94. The lowest BCUT2D eigenvalue weighted by Gasteiger charge is -2.27. The van der Waals surface area contributed by atoms with E-state index in [1.807, 2.05) is 29.2 Å². The minimum absolute atomic E-state index is 0.00171. The van der Waals surface area contributed by atoms with E-state index in [-0.39, 0.29) is 23.7 Å². The number of likely N-dealkylation sites (tertiary alicyclic amines) is 1. The number of carbonyl (C=O) groups excluding carboxylic acids is 2. The molecule has 1 aromatic rings. The fraction of sp³-hybridized carbons (Fsp3) is 0.579. The summed E-state index contributed by atoms with van der Waals surface area (Å²) in [6.07, 6.45) is 6.25. The van der Waals surface area contributed by atoms with Crippen molar-refractivity contribution in [1.82, 2.24) is 4.90 Å². The summed E-state index contributed by atoms with van der Waals surface area (Å²) in [6, 6.07) is 7.34. The Hall–Kier alpha value is -1.88. The maximum Gasteiger partial charge on any atom is 0.255 e. The molecule has 1 saturated heterocycles. The Bertz CT molecular complexity index is 596. The number of rotatable bonds is 4. The predicted octanol–water partition coefficient (Wildman–Crippen LogP) is 2.63. The van der Waals surface area contributed by atoms with Gasteiger partial charge in [0.15, 0.2) is 0 Å². The summed E-state index contributed by atoms with van der Waals surface area (Å²) in [5, 5.41) is 2.99. The Kier molecular flexibility index (Phi) is 5.51. The zero-order chi connectivity index (χ0) is 16.9. The third-order valence-electron chi connectivity index (χ3n) is 5.36. The Morgan fingerprint density at radius 3 is 2.58 bits per heavy atom. The van der Waals surface area contributed by atoms with E-state index in [4.69, 9.17) is 5.73 Å². The zero-order valence-corrected chi connectivity index (χ0v) is 14.2. The van der Waals surface area contributed by atoms with E-state index in [1.54, 1.807) is 0 Å². The van der Waals surface area contributed by atoms with Crippen LogP contribution in [-0.2, 0) is 4.79 Å². The molecule has 5 nitrogen and oxygen atoms in total. The van der Waals surface area contributed by atoms with Crippen LogP contribution in [-0.4, -0.2) is 36.3 Å². The molecule has 5 heteroatoms. The summed E-state index contributed by atoms with van der Waals surface area (Å²) in [7, 11) is 0. The number of nitrogens with zero attached hydrogens (tertiary/aromatic N) is 1. The number of anilines is 1. The molecule has 0 spiro atoms. The highest BCUT2D eigenvalue weighted by molar-refractivity contribution is 6.04. The SMILES string of the molecule is NC[C@H]1CCC[C@H]1C(=O)Nc1ccccc1C(=O)N1CCCCC1. The van der Waals surface area contributed by atoms with Crippen LogP contribution in [0.1, 0.15) is 48.9 Å². The molecule has 0 bridgehead atoms. The van der Waals surface area contributed by atoms with E-state index in [0.717, 1.165) is 45.2 Å². The van der Waals surface area contributed by atoms with Gasteiger partial charge < -0.3 is 16.0 Å². The molecular weight excluding hydrogens is 302 g/mol. The van der Waals surface area contributed by atoms with Gasteiger partial charge in [0.1, 0.15) is 0 Å². The van der Waals surface area contributed by atoms with Crippen molar-refractivity contribution in [1.29, 1.82) is 0 Å². The second-order valence-corrected chi connectivity index (χ2v) is 6.92. The largest absolute Gasteiger partial charge is 0.339 e. The average molecular weight is 329 g/mol. The van der Waals surface area contributed by atoms with Gasteiger partial charge in [0.05, 0.1) is 11.3 Å². The van der Waals surface area contributed by atoms with Crippen molar-refractivity contribution in [3.05, 3.63) is 29.8 Å². The lowest BCUT2D eigenvalue weighted by atomic mass is 9.95. The van der Waals surface area contributed by atoms with Crippen LogP contribution in [0.3, 0.4) is 0 Å². The Labute approximate surface area is 143 Å². The molecule has 1 aromatic carbocycles. The molecule has 3 rings (SSSR count). The third-order valence-corrected chi connectivity index (χ3v) is 5.36. The molecule has 0 radical (unpaired) electrons. The van der Waals surface area contributed by atoms with Crippen molar-refractivity contribution in [2.45, 2.75) is 38.5 Å². The smallest absolute Gasteiger partial charge is 0.255 e. The van der Waals surface area contributed by atoms with Gasteiger partial charge in [0.2, 0.25) is 5.91 Å². The first kappa shape index (κ1) is 17.0. The Morgan fingerprint density at radius 1 is 1.08 bits per heavy atom. The number of para-hydroxylation sites is 1. The molecule has 24 heavy (non-hydrogen) atoms. The maximum absolute atomic E-state index is 12.8. The second-order valence-electron chi connectivity index (χ2n) is 6.92. The molecule has 2 fully saturated rings. The topological polar surface area (TPSA) is 75.4 Å². The lowest BCUT2D eigenvalue weighted by molar-refractivity contribution is -0.120. The van der Waals surface area contributed by atoms with Crippen molar-refractivity contribution in [3.8, 4) is 0 Å². The van der Waals surface area contributed by atoms with Gasteiger partial charge in [-0.2, -0.15) is 0 Å². The quantitative estimate of drug-likeness (QED) is 0.891. The molecule has 1 saturated carbocycles. The van der Waals surface area contributed by atoms with Gasteiger partial charge in [0, 0.05) is 19.0 Å². The molecule has 1 heterocycles. The standard InChI is InChI=1S/C19H27N3O2/c20-13-14-7-6-9-15(14)18(23)21-17-10-3-2-8-16(17)19(24)22-11-4-1-5-12-22/h2-3,8,10,14-15H,1,4-7,9,11-13,20H2,(H,21,23)/t14-,15-/m1/s1. The second kappa shape index (κ2) is 7.79. The van der Waals surface area contributed by atoms with Gasteiger partial charge in [-0.05, 0) is 56.7 Å². The molecule has 2 amide bonds. The first-order valence-electron chi connectivity index (χ1n) is 9.10. The molecule has 130 valence electrons. The summed E-state index contributed by atoms with van der Waals surface area (Å²) in [4.78, 5) is 27.3. The zero-order valence-electron chi connectivity index (χ0n) is 14.2. The van der Waals surface area contributed by atoms with Gasteiger partial charge in [0.25, 0.3) is 5.91 Å². The minimum Gasteiger partial charge on any atom is -0.339 e. The van der Waals surface area contributed by atoms with Crippen LogP contribution in [0.2, 0.25) is 0 Å². The highest BCUT2D eigenvalue weighted by atomic mass is 16.2. The lowest BCUT2D eigenvalue weighted by Crippen LogP contribution is -2.36. The first-order chi connectivity index (χ1) is 11.7. The summed E-state index contributed by atoms with van der Waals surface area (Å²) in [6.45, 7) is 2.16. The molecular formula is C19H27N3O2. The summed E-state index contributed by atoms with van der Waals surface area (Å²) in [5.74, 6) is 0.248. The van der Waals surface area contributed by atoms with Gasteiger partial charge in [-0.25, -0.2) is 0 Å². The molecule has 1 aliphatic carbocycles. The van der Waals surface area contributed by atoms with Crippen LogP contribution >= 0.6 is 0 Å². The molecule has 2 atom stereocenters. The number of piperidine rings is 1. The van der Waals surface area contributed by atoms with Crippen molar-refractivity contribution < 1.29 is 9.59 Å². The van der Waals surface area contributed by atoms with Crippen LogP contribution in [0.5, 0.6) is 0 Å². The number of nitrogens with two attached hydrogens (primary N) is 1. The van der Waals surface area contributed by atoms with Gasteiger partial charge >= 0.3 is 0 Å². The number of hydrogen-bond donors (Lipinski definition) is 2. The van der Waals surface area contributed by atoms with Crippen LogP contribution in [0.4, 0.5) is 5.69 Å². The maximum atomic E-state index is 12.8. The van der Waals surface area contributed by atoms with Crippen LogP contribution in [0, 0.1) is 11.8 Å². The number of benzene rings is 1. The summed E-state index contributed by atoms with van der Waals surface area (Å²) >= 11 is 0. The molecule has 2 aliphatic rings. The van der Waals surface area contributed by atoms with Crippen molar-refractivity contribution in [3.63, 3.8) is 0 Å². The Morgan fingerprint density at radius 2 is 1.83 bits per heavy atom. The van der Waals surface area contributed by atoms with Crippen LogP contribution in [0.15, 0.2) is 24.3 Å². The van der Waals surface area contributed by atoms with Crippen LogP contribution in [0.25, 0.3) is 0 Å². The van der Waals surface area contributed by atoms with Gasteiger partial charge in [-0.3, -0.25) is 9.59 Å². The van der Waals surface area contributed by atoms with E-state index < -0.39 is 0 Å². The molecule has 1 aliphatic heterocycles. The van der Waals surface area contributed by atoms with E-state index in [1.165, 1.54) is 6.42 Å². The normalized spacial score (nSPS) is 24.0. The van der Waals surface area contributed by atoms with Crippen LogP contribution < -0.4 is 11.1 Å². The number of carbonyl (C=O) groups is 2.